The zero-order valence-corrected chi connectivity index (χ0v) is 11.9. The summed E-state index contributed by atoms with van der Waals surface area (Å²) < 4.78 is 11.6. The van der Waals surface area contributed by atoms with E-state index in [-0.39, 0.29) is 0 Å². The third-order valence-electron chi connectivity index (χ3n) is 4.06. The molecule has 100 valence electrons. The van der Waals surface area contributed by atoms with Crippen molar-refractivity contribution in [2.45, 2.75) is 22.6 Å². The largest absolute Gasteiger partial charge is 0.339 e. The molecule has 0 amide bonds. The summed E-state index contributed by atoms with van der Waals surface area (Å²) in [5.74, 6) is 0. The third-order valence-corrected chi connectivity index (χ3v) is 7.14. The summed E-state index contributed by atoms with van der Waals surface area (Å²) in [4.78, 5) is 3.38. The van der Waals surface area contributed by atoms with Crippen LogP contribution in [0.2, 0.25) is 0 Å². The van der Waals surface area contributed by atoms with Crippen molar-refractivity contribution in [2.24, 2.45) is 0 Å². The molecule has 4 rings (SSSR count). The van der Waals surface area contributed by atoms with Gasteiger partial charge >= 0.3 is 0 Å². The first kappa shape index (κ1) is 12.0. The molecule has 0 saturated carbocycles. The van der Waals surface area contributed by atoms with Crippen molar-refractivity contribution in [3.8, 4) is 0 Å². The van der Waals surface area contributed by atoms with E-state index in [0.29, 0.717) is 0 Å². The van der Waals surface area contributed by atoms with Gasteiger partial charge in [0.05, 0.1) is 0 Å². The molecule has 0 fully saturated rings. The van der Waals surface area contributed by atoms with E-state index in [1.807, 2.05) is 24.3 Å². The molecule has 20 heavy (non-hydrogen) atoms. The fraction of sp³-hybridized carbons (Fsp3) is 0.111. The van der Waals surface area contributed by atoms with Gasteiger partial charge in [0.15, 0.2) is 0 Å². The van der Waals surface area contributed by atoms with E-state index in [0.717, 1.165) is 22.6 Å². The lowest BCUT2D eigenvalue weighted by molar-refractivity contribution is 0.629. The molecule has 0 radical (unpaired) electrons. The maximum atomic E-state index is 11.6. The van der Waals surface area contributed by atoms with Crippen LogP contribution in [0.5, 0.6) is 0 Å². The average Bonchev–Trinajstić information content (AvgIpc) is 2.80. The predicted octanol–water partition coefficient (Wildman–Crippen LogP) is 5.46. The molecule has 2 aromatic carbocycles. The first-order valence-corrected chi connectivity index (χ1v) is 8.51. The summed E-state index contributed by atoms with van der Waals surface area (Å²) in [7, 11) is -2.01. The first-order chi connectivity index (χ1) is 9.82. The van der Waals surface area contributed by atoms with Crippen molar-refractivity contribution < 1.29 is 4.55 Å². The molecular formula is C18H16OS. The fourth-order valence-electron chi connectivity index (χ4n) is 3.16. The van der Waals surface area contributed by atoms with Crippen LogP contribution in [0.15, 0.2) is 81.4 Å². The van der Waals surface area contributed by atoms with E-state index in [1.54, 1.807) is 0 Å². The summed E-state index contributed by atoms with van der Waals surface area (Å²) in [6, 6.07) is 18.5. The zero-order valence-electron chi connectivity index (χ0n) is 11.1. The van der Waals surface area contributed by atoms with E-state index < -0.39 is 10.3 Å². The lowest BCUT2D eigenvalue weighted by atomic mass is 10.00. The molecule has 1 atom stereocenters. The minimum absolute atomic E-state index is 0.960. The molecule has 2 heteroatoms. The highest BCUT2D eigenvalue weighted by Gasteiger charge is 2.40. The Labute approximate surface area is 120 Å². The van der Waals surface area contributed by atoms with Crippen LogP contribution in [0.25, 0.3) is 5.57 Å². The Bertz CT molecular complexity index is 730. The monoisotopic (exact) mass is 280 g/mol. The lowest BCUT2D eigenvalue weighted by Gasteiger charge is -2.34. The Balaban J connectivity index is 2.04. The minimum Gasteiger partial charge on any atom is -0.339 e. The predicted molar refractivity (Wildman–Crippen MR) is 84.9 cm³/mol. The molecule has 1 aliphatic heterocycles. The highest BCUT2D eigenvalue weighted by atomic mass is 32.3. The summed E-state index contributed by atoms with van der Waals surface area (Å²) in [6.07, 6.45) is 6.38. The molecule has 1 aliphatic carbocycles. The zero-order chi connectivity index (χ0) is 13.6. The number of benzene rings is 2. The summed E-state index contributed by atoms with van der Waals surface area (Å²) >= 11 is 0. The molecular weight excluding hydrogens is 264 g/mol. The normalized spacial score (nSPS) is 26.9. The van der Waals surface area contributed by atoms with Gasteiger partial charge in [-0.05, 0) is 42.2 Å². The molecule has 1 heterocycles. The van der Waals surface area contributed by atoms with Crippen LogP contribution in [0.1, 0.15) is 18.4 Å². The van der Waals surface area contributed by atoms with E-state index in [2.05, 4.69) is 42.5 Å². The summed E-state index contributed by atoms with van der Waals surface area (Å²) in [5, 5.41) is 0. The van der Waals surface area contributed by atoms with Gasteiger partial charge in [0.1, 0.15) is 0 Å². The maximum absolute atomic E-state index is 11.6. The maximum Gasteiger partial charge on any atom is 0.0289 e. The molecule has 0 bridgehead atoms. The van der Waals surface area contributed by atoms with E-state index in [1.165, 1.54) is 16.0 Å². The molecule has 1 unspecified atom stereocenters. The van der Waals surface area contributed by atoms with Gasteiger partial charge < -0.3 is 4.55 Å². The molecule has 0 saturated heterocycles. The van der Waals surface area contributed by atoms with Crippen LogP contribution in [-0.4, -0.2) is 4.55 Å². The second-order valence-electron chi connectivity index (χ2n) is 5.17. The van der Waals surface area contributed by atoms with Crippen LogP contribution in [0.3, 0.4) is 0 Å². The number of rotatable bonds is 1. The van der Waals surface area contributed by atoms with Crippen LogP contribution in [-0.2, 0) is 0 Å². The summed E-state index contributed by atoms with van der Waals surface area (Å²) in [6.45, 7) is 0. The van der Waals surface area contributed by atoms with Crippen LogP contribution >= 0.6 is 10.3 Å². The van der Waals surface area contributed by atoms with E-state index in [4.69, 9.17) is 0 Å². The first-order valence-electron chi connectivity index (χ1n) is 6.92. The van der Waals surface area contributed by atoms with Crippen LogP contribution < -0.4 is 0 Å². The Morgan fingerprint density at radius 1 is 0.900 bits per heavy atom. The Morgan fingerprint density at radius 2 is 1.65 bits per heavy atom. The molecule has 1 nitrogen and oxygen atoms in total. The van der Waals surface area contributed by atoms with Gasteiger partial charge in [0.2, 0.25) is 0 Å². The van der Waals surface area contributed by atoms with Crippen molar-refractivity contribution >= 4 is 15.9 Å². The molecule has 1 N–H and O–H groups in total. The van der Waals surface area contributed by atoms with Gasteiger partial charge in [0, 0.05) is 14.7 Å². The fourth-order valence-corrected chi connectivity index (χ4v) is 6.19. The van der Waals surface area contributed by atoms with Crippen molar-refractivity contribution in [3.05, 3.63) is 77.2 Å². The highest BCUT2D eigenvalue weighted by molar-refractivity contribution is 8.32. The molecule has 2 aliphatic rings. The van der Waals surface area contributed by atoms with Crippen molar-refractivity contribution in [1.29, 1.82) is 0 Å². The van der Waals surface area contributed by atoms with E-state index >= 15 is 0 Å². The van der Waals surface area contributed by atoms with Crippen LogP contribution in [0.4, 0.5) is 0 Å². The average molecular weight is 280 g/mol. The van der Waals surface area contributed by atoms with Crippen molar-refractivity contribution in [1.82, 2.24) is 0 Å². The Morgan fingerprint density at radius 3 is 2.50 bits per heavy atom. The third kappa shape index (κ3) is 1.49. The van der Waals surface area contributed by atoms with Gasteiger partial charge in [-0.15, -0.1) is 0 Å². The topological polar surface area (TPSA) is 20.2 Å². The molecule has 0 spiro atoms. The smallest absolute Gasteiger partial charge is 0.0289 e. The second kappa shape index (κ2) is 4.37. The number of hydrogen-bond acceptors (Lipinski definition) is 1. The number of allylic oxidation sites excluding steroid dienone is 4. The number of hydrogen-bond donors (Lipinski definition) is 1. The van der Waals surface area contributed by atoms with E-state index in [9.17, 15) is 4.55 Å². The molecule has 2 aromatic rings. The van der Waals surface area contributed by atoms with Crippen molar-refractivity contribution in [3.63, 3.8) is 0 Å². The number of fused-ring (bicyclic) bond motifs is 2. The summed E-state index contributed by atoms with van der Waals surface area (Å²) in [5.41, 5.74) is 2.45. The Hall–Kier alpha value is -1.77. The van der Waals surface area contributed by atoms with Gasteiger partial charge in [0.25, 0.3) is 0 Å². The highest BCUT2D eigenvalue weighted by Crippen LogP contribution is 2.73. The van der Waals surface area contributed by atoms with Gasteiger partial charge in [-0.2, -0.15) is 0 Å². The Kier molecular flexibility index (Phi) is 2.62. The van der Waals surface area contributed by atoms with Gasteiger partial charge in [-0.1, -0.05) is 58.9 Å². The lowest BCUT2D eigenvalue weighted by Crippen LogP contribution is -2.02. The second-order valence-corrected chi connectivity index (χ2v) is 7.73. The quantitative estimate of drug-likeness (QED) is 0.735. The molecule has 0 aromatic heterocycles. The van der Waals surface area contributed by atoms with Crippen molar-refractivity contribution in [2.75, 3.05) is 0 Å². The van der Waals surface area contributed by atoms with Crippen LogP contribution in [0, 0.1) is 0 Å². The van der Waals surface area contributed by atoms with Gasteiger partial charge in [-0.3, -0.25) is 0 Å². The SMILES string of the molecule is OS1(c2ccccc2)C2=C(C=CCC2)c2ccccc21. The van der Waals surface area contributed by atoms with Gasteiger partial charge in [-0.25, -0.2) is 0 Å². The minimum atomic E-state index is -2.01. The standard InChI is InChI=1S/C18H16OS/c19-20(14-8-2-1-3-9-14)17-12-6-4-10-15(17)16-11-5-7-13-18(16)20/h1-6,8-12,19H,7,13H2.